The summed E-state index contributed by atoms with van der Waals surface area (Å²) in [6.07, 6.45) is 2.47. The molecular weight excluding hydrogens is 395 g/mol. The van der Waals surface area contributed by atoms with Gasteiger partial charge in [0, 0.05) is 19.6 Å². The topological polar surface area (TPSA) is 66.0 Å². The number of esters is 1. The third-order valence-electron chi connectivity index (χ3n) is 3.45. The second-order valence-corrected chi connectivity index (χ2v) is 6.32. The van der Waals surface area contributed by atoms with Crippen LogP contribution in [0, 0.1) is 0 Å². The Balaban J connectivity index is 0.00000441. The molecule has 0 aliphatic carbocycles. The summed E-state index contributed by atoms with van der Waals surface area (Å²) in [6.45, 7) is 11.0. The standard InChI is InChI=1S/C15H30N4O2.HI/c1-6-19-9-7-8-12(19)10-17-14(16-5)18-11-13(20)21-15(2,3)4;/h12H,6-11H2,1-5H3,(H2,16,17,18);1H. The number of carbonyl (C=O) groups is 1. The van der Waals surface area contributed by atoms with Gasteiger partial charge in [-0.2, -0.15) is 0 Å². The minimum Gasteiger partial charge on any atom is -0.459 e. The predicted octanol–water partition coefficient (Wildman–Crippen LogP) is 1.60. The second kappa shape index (κ2) is 10.3. The van der Waals surface area contributed by atoms with E-state index in [1.165, 1.54) is 19.4 Å². The van der Waals surface area contributed by atoms with E-state index < -0.39 is 5.60 Å². The normalized spacial score (nSPS) is 19.5. The van der Waals surface area contributed by atoms with Gasteiger partial charge in [0.25, 0.3) is 0 Å². The maximum Gasteiger partial charge on any atom is 0.325 e. The first-order valence-electron chi connectivity index (χ1n) is 7.76. The molecule has 1 aliphatic heterocycles. The smallest absolute Gasteiger partial charge is 0.325 e. The fraction of sp³-hybridized carbons (Fsp3) is 0.867. The first kappa shape index (κ1) is 21.4. The highest BCUT2D eigenvalue weighted by atomic mass is 127. The lowest BCUT2D eigenvalue weighted by atomic mass is 10.2. The zero-order valence-corrected chi connectivity index (χ0v) is 16.8. The Bertz CT molecular complexity index is 369. The number of hydrogen-bond acceptors (Lipinski definition) is 4. The first-order chi connectivity index (χ1) is 9.85. The third kappa shape index (κ3) is 8.17. The highest BCUT2D eigenvalue weighted by Crippen LogP contribution is 2.15. The molecule has 0 spiro atoms. The van der Waals surface area contributed by atoms with Gasteiger partial charge in [0.1, 0.15) is 12.1 Å². The lowest BCUT2D eigenvalue weighted by Crippen LogP contribution is -2.46. The van der Waals surface area contributed by atoms with Gasteiger partial charge in [-0.3, -0.25) is 14.7 Å². The van der Waals surface area contributed by atoms with E-state index in [4.69, 9.17) is 4.74 Å². The molecule has 1 atom stereocenters. The summed E-state index contributed by atoms with van der Waals surface area (Å²) in [5, 5.41) is 6.28. The van der Waals surface area contributed by atoms with Crippen molar-refractivity contribution in [1.29, 1.82) is 0 Å². The van der Waals surface area contributed by atoms with Gasteiger partial charge in [-0.1, -0.05) is 6.92 Å². The van der Waals surface area contributed by atoms with Gasteiger partial charge in [0.05, 0.1) is 0 Å². The number of aliphatic imine (C=N–C) groups is 1. The van der Waals surface area contributed by atoms with E-state index in [0.29, 0.717) is 12.0 Å². The van der Waals surface area contributed by atoms with Gasteiger partial charge in [-0.15, -0.1) is 24.0 Å². The first-order valence-corrected chi connectivity index (χ1v) is 7.76. The van der Waals surface area contributed by atoms with Crippen LogP contribution in [0.25, 0.3) is 0 Å². The summed E-state index contributed by atoms with van der Waals surface area (Å²) in [5.74, 6) is 0.366. The van der Waals surface area contributed by atoms with Crippen molar-refractivity contribution in [3.8, 4) is 0 Å². The van der Waals surface area contributed by atoms with Gasteiger partial charge >= 0.3 is 5.97 Å². The zero-order valence-electron chi connectivity index (χ0n) is 14.4. The number of guanidine groups is 1. The van der Waals surface area contributed by atoms with Crippen LogP contribution in [-0.4, -0.2) is 61.7 Å². The quantitative estimate of drug-likeness (QED) is 0.303. The summed E-state index contributed by atoms with van der Waals surface area (Å²) >= 11 is 0. The minimum atomic E-state index is -0.457. The summed E-state index contributed by atoms with van der Waals surface area (Å²) in [5.41, 5.74) is -0.457. The molecule has 6 nitrogen and oxygen atoms in total. The Hall–Kier alpha value is -0.570. The summed E-state index contributed by atoms with van der Waals surface area (Å²) in [6, 6.07) is 0.551. The van der Waals surface area contributed by atoms with E-state index in [1.54, 1.807) is 7.05 Å². The van der Waals surface area contributed by atoms with Gasteiger partial charge < -0.3 is 15.4 Å². The van der Waals surface area contributed by atoms with Gasteiger partial charge in [0.2, 0.25) is 0 Å². The molecule has 0 aromatic carbocycles. The molecule has 1 fully saturated rings. The van der Waals surface area contributed by atoms with Crippen molar-refractivity contribution in [1.82, 2.24) is 15.5 Å². The van der Waals surface area contributed by atoms with E-state index in [2.05, 4.69) is 27.4 Å². The molecule has 0 radical (unpaired) electrons. The molecule has 22 heavy (non-hydrogen) atoms. The fourth-order valence-electron chi connectivity index (χ4n) is 2.51. The van der Waals surface area contributed by atoms with Crippen molar-refractivity contribution in [2.45, 2.75) is 52.2 Å². The minimum absolute atomic E-state index is 0. The molecular formula is C15H31IN4O2. The van der Waals surface area contributed by atoms with E-state index in [0.717, 1.165) is 13.1 Å². The number of nitrogens with one attached hydrogen (secondary N) is 2. The molecule has 7 heteroatoms. The zero-order chi connectivity index (χ0) is 15.9. The molecule has 130 valence electrons. The maximum absolute atomic E-state index is 11.7. The van der Waals surface area contributed by atoms with E-state index in [1.807, 2.05) is 20.8 Å². The number of likely N-dealkylation sites (N-methyl/N-ethyl adjacent to an activating group) is 1. The fourth-order valence-corrected chi connectivity index (χ4v) is 2.51. The third-order valence-corrected chi connectivity index (χ3v) is 3.45. The molecule has 0 saturated carbocycles. The van der Waals surface area contributed by atoms with Crippen LogP contribution in [-0.2, 0) is 9.53 Å². The number of rotatable bonds is 5. The van der Waals surface area contributed by atoms with Gasteiger partial charge in [-0.05, 0) is 46.7 Å². The Kier molecular flexibility index (Phi) is 9.99. The van der Waals surface area contributed by atoms with Crippen LogP contribution >= 0.6 is 24.0 Å². The molecule has 2 N–H and O–H groups in total. The Morgan fingerprint density at radius 2 is 2.05 bits per heavy atom. The number of hydrogen-bond donors (Lipinski definition) is 2. The molecule has 0 aromatic heterocycles. The average Bonchev–Trinajstić information content (AvgIpc) is 2.84. The largest absolute Gasteiger partial charge is 0.459 e. The van der Waals surface area contributed by atoms with Crippen molar-refractivity contribution in [3.05, 3.63) is 0 Å². The SMILES string of the molecule is CCN1CCCC1CNC(=NC)NCC(=O)OC(C)(C)C.I. The lowest BCUT2D eigenvalue weighted by Gasteiger charge is -2.24. The van der Waals surface area contributed by atoms with Gasteiger partial charge in [-0.25, -0.2) is 0 Å². The Morgan fingerprint density at radius 3 is 2.59 bits per heavy atom. The van der Waals surface area contributed by atoms with Crippen LogP contribution in [0.4, 0.5) is 0 Å². The number of halogens is 1. The molecule has 1 unspecified atom stereocenters. The van der Waals surface area contributed by atoms with Crippen LogP contribution in [0.3, 0.4) is 0 Å². The molecule has 1 heterocycles. The number of carbonyl (C=O) groups excluding carboxylic acids is 1. The maximum atomic E-state index is 11.7. The highest BCUT2D eigenvalue weighted by Gasteiger charge is 2.23. The van der Waals surface area contributed by atoms with Crippen LogP contribution in [0.1, 0.15) is 40.5 Å². The number of likely N-dealkylation sites (tertiary alicyclic amines) is 1. The van der Waals surface area contributed by atoms with Gasteiger partial charge in [0.15, 0.2) is 5.96 Å². The van der Waals surface area contributed by atoms with Crippen molar-refractivity contribution >= 4 is 35.9 Å². The summed E-state index contributed by atoms with van der Waals surface area (Å²) in [7, 11) is 1.71. The summed E-state index contributed by atoms with van der Waals surface area (Å²) < 4.78 is 5.25. The van der Waals surface area contributed by atoms with E-state index >= 15 is 0 Å². The second-order valence-electron chi connectivity index (χ2n) is 6.32. The Morgan fingerprint density at radius 1 is 1.36 bits per heavy atom. The summed E-state index contributed by atoms with van der Waals surface area (Å²) in [4.78, 5) is 18.3. The molecule has 1 rings (SSSR count). The van der Waals surface area contributed by atoms with Crippen molar-refractivity contribution in [2.75, 3.05) is 33.2 Å². The molecule has 1 aliphatic rings. The van der Waals surface area contributed by atoms with Crippen LogP contribution in [0.2, 0.25) is 0 Å². The van der Waals surface area contributed by atoms with Crippen molar-refractivity contribution < 1.29 is 9.53 Å². The molecule has 1 saturated heterocycles. The van der Waals surface area contributed by atoms with Crippen LogP contribution < -0.4 is 10.6 Å². The number of nitrogens with zero attached hydrogens (tertiary/aromatic N) is 2. The van der Waals surface area contributed by atoms with Crippen molar-refractivity contribution in [2.24, 2.45) is 4.99 Å². The van der Waals surface area contributed by atoms with Crippen molar-refractivity contribution in [3.63, 3.8) is 0 Å². The van der Waals surface area contributed by atoms with Crippen LogP contribution in [0.5, 0.6) is 0 Å². The van der Waals surface area contributed by atoms with E-state index in [9.17, 15) is 4.79 Å². The monoisotopic (exact) mass is 426 g/mol. The Labute approximate surface area is 151 Å². The predicted molar refractivity (Wildman–Crippen MR) is 101 cm³/mol. The molecule has 0 aromatic rings. The number of ether oxygens (including phenoxy) is 1. The lowest BCUT2D eigenvalue weighted by molar-refractivity contribution is -0.153. The van der Waals surface area contributed by atoms with E-state index in [-0.39, 0.29) is 36.5 Å². The highest BCUT2D eigenvalue weighted by molar-refractivity contribution is 14.0. The average molecular weight is 426 g/mol. The molecule has 0 amide bonds. The van der Waals surface area contributed by atoms with Crippen LogP contribution in [0.15, 0.2) is 4.99 Å². The molecule has 0 bridgehead atoms.